The van der Waals surface area contributed by atoms with Gasteiger partial charge in [-0.25, -0.2) is 0 Å². The first-order chi connectivity index (χ1) is 11.7. The molecule has 138 valence electrons. The van der Waals surface area contributed by atoms with Crippen LogP contribution < -0.4 is 10.2 Å². The van der Waals surface area contributed by atoms with E-state index in [4.69, 9.17) is 0 Å². The van der Waals surface area contributed by atoms with Gasteiger partial charge in [0.05, 0.1) is 6.54 Å². The number of hydrogen-bond acceptors (Lipinski definition) is 3. The zero-order chi connectivity index (χ0) is 16.9. The normalized spacial score (nSPS) is 20.1. The highest BCUT2D eigenvalue weighted by atomic mass is 127. The molecule has 1 saturated heterocycles. The van der Waals surface area contributed by atoms with Gasteiger partial charge in [-0.15, -0.1) is 24.0 Å². The number of carbonyl (C=O) groups excluding carboxylic acids is 1. The summed E-state index contributed by atoms with van der Waals surface area (Å²) in [5.41, 5.74) is 2.31. The van der Waals surface area contributed by atoms with Crippen LogP contribution in [0.4, 0.5) is 5.69 Å². The molecule has 0 aromatic heterocycles. The maximum Gasteiger partial charge on any atom is 0.246 e. The lowest BCUT2D eigenvalue weighted by Gasteiger charge is -2.34. The van der Waals surface area contributed by atoms with Crippen molar-refractivity contribution in [1.29, 1.82) is 0 Å². The number of carbonyl (C=O) groups is 1. The highest BCUT2D eigenvalue weighted by molar-refractivity contribution is 14.0. The first kappa shape index (κ1) is 20.4. The number of amides is 1. The summed E-state index contributed by atoms with van der Waals surface area (Å²) < 4.78 is 0. The van der Waals surface area contributed by atoms with Crippen LogP contribution in [0.25, 0.3) is 0 Å². The van der Waals surface area contributed by atoms with E-state index in [9.17, 15) is 4.79 Å². The van der Waals surface area contributed by atoms with E-state index in [0.717, 1.165) is 43.5 Å². The van der Waals surface area contributed by atoms with Crippen molar-refractivity contribution < 1.29 is 4.79 Å². The van der Waals surface area contributed by atoms with Crippen LogP contribution in [0.1, 0.15) is 18.9 Å². The van der Waals surface area contributed by atoms with Crippen LogP contribution in [0, 0.1) is 0 Å². The molecule has 2 aliphatic rings. The topological polar surface area (TPSA) is 47.9 Å². The van der Waals surface area contributed by atoms with E-state index in [2.05, 4.69) is 28.2 Å². The summed E-state index contributed by atoms with van der Waals surface area (Å²) in [5, 5.41) is 3.92. The second kappa shape index (κ2) is 9.66. The minimum absolute atomic E-state index is 0. The Hall–Kier alpha value is -0.960. The Bertz CT molecular complexity index is 625. The van der Waals surface area contributed by atoms with Crippen LogP contribution in [0.3, 0.4) is 0 Å². The Morgan fingerprint density at radius 3 is 2.92 bits per heavy atom. The molecule has 1 N–H and O–H groups in total. The van der Waals surface area contributed by atoms with Crippen LogP contribution in [0.5, 0.6) is 0 Å². The Morgan fingerprint density at radius 1 is 1.36 bits per heavy atom. The minimum Gasteiger partial charge on any atom is -0.347 e. The first-order valence-corrected chi connectivity index (χ1v) is 9.73. The van der Waals surface area contributed by atoms with Gasteiger partial charge in [0.1, 0.15) is 0 Å². The SMILES string of the molecule is CCC1CN(C(=NC)NCC(=O)N2CCc3ccccc32)CCS1.I. The van der Waals surface area contributed by atoms with E-state index in [1.165, 1.54) is 12.0 Å². The average molecular weight is 474 g/mol. The van der Waals surface area contributed by atoms with E-state index in [1.54, 1.807) is 7.05 Å². The highest BCUT2D eigenvalue weighted by Crippen LogP contribution is 2.27. The summed E-state index contributed by atoms with van der Waals surface area (Å²) in [6.45, 7) is 5.28. The maximum atomic E-state index is 12.6. The summed E-state index contributed by atoms with van der Waals surface area (Å²) in [6.07, 6.45) is 2.11. The van der Waals surface area contributed by atoms with Crippen molar-refractivity contribution in [3.8, 4) is 0 Å². The smallest absolute Gasteiger partial charge is 0.246 e. The summed E-state index contributed by atoms with van der Waals surface area (Å²) in [6, 6.07) is 8.16. The van der Waals surface area contributed by atoms with Gasteiger partial charge in [-0.1, -0.05) is 25.1 Å². The Balaban J connectivity index is 0.00000225. The number of aliphatic imine (C=N–C) groups is 1. The number of nitrogens with zero attached hydrogens (tertiary/aromatic N) is 3. The third-order valence-corrected chi connectivity index (χ3v) is 6.06. The summed E-state index contributed by atoms with van der Waals surface area (Å²) in [4.78, 5) is 21.2. The van der Waals surface area contributed by atoms with E-state index in [-0.39, 0.29) is 29.9 Å². The van der Waals surface area contributed by atoms with Crippen molar-refractivity contribution in [1.82, 2.24) is 10.2 Å². The van der Waals surface area contributed by atoms with Crippen LogP contribution in [-0.4, -0.2) is 61.0 Å². The number of halogens is 1. The van der Waals surface area contributed by atoms with Gasteiger partial charge in [0.2, 0.25) is 5.91 Å². The highest BCUT2D eigenvalue weighted by Gasteiger charge is 2.25. The molecule has 1 atom stereocenters. The third-order valence-electron chi connectivity index (χ3n) is 4.69. The van der Waals surface area contributed by atoms with E-state index < -0.39 is 0 Å². The zero-order valence-corrected chi connectivity index (χ0v) is 18.0. The molecule has 2 heterocycles. The molecule has 1 aromatic carbocycles. The Kier molecular flexibility index (Phi) is 7.86. The van der Waals surface area contributed by atoms with Crippen molar-refractivity contribution in [2.75, 3.05) is 43.9 Å². The minimum atomic E-state index is 0. The van der Waals surface area contributed by atoms with E-state index in [1.807, 2.05) is 34.9 Å². The van der Waals surface area contributed by atoms with Crippen molar-refractivity contribution in [2.24, 2.45) is 4.99 Å². The predicted molar refractivity (Wildman–Crippen MR) is 117 cm³/mol. The van der Waals surface area contributed by atoms with Crippen LogP contribution in [0.15, 0.2) is 29.3 Å². The fourth-order valence-electron chi connectivity index (χ4n) is 3.34. The quantitative estimate of drug-likeness (QED) is 0.416. The lowest BCUT2D eigenvalue weighted by atomic mass is 10.2. The molecule has 5 nitrogen and oxygen atoms in total. The van der Waals surface area contributed by atoms with Gasteiger partial charge in [0, 0.05) is 43.4 Å². The fraction of sp³-hybridized carbons (Fsp3) is 0.556. The Labute approximate surface area is 171 Å². The molecule has 1 fully saturated rings. The number of nitrogens with one attached hydrogen (secondary N) is 1. The average Bonchev–Trinajstić information content (AvgIpc) is 3.06. The number of guanidine groups is 1. The maximum absolute atomic E-state index is 12.6. The number of rotatable bonds is 3. The van der Waals surface area contributed by atoms with Gasteiger partial charge < -0.3 is 15.1 Å². The van der Waals surface area contributed by atoms with Crippen molar-refractivity contribution in [2.45, 2.75) is 25.0 Å². The van der Waals surface area contributed by atoms with Crippen LogP contribution in [0.2, 0.25) is 0 Å². The van der Waals surface area contributed by atoms with Crippen molar-refractivity contribution in [3.05, 3.63) is 29.8 Å². The molecule has 0 bridgehead atoms. The predicted octanol–water partition coefficient (Wildman–Crippen LogP) is 2.60. The van der Waals surface area contributed by atoms with Crippen LogP contribution in [-0.2, 0) is 11.2 Å². The molecule has 0 spiro atoms. The number of thioether (sulfide) groups is 1. The fourth-order valence-corrected chi connectivity index (χ4v) is 4.52. The van der Waals surface area contributed by atoms with Gasteiger partial charge in [-0.3, -0.25) is 9.79 Å². The largest absolute Gasteiger partial charge is 0.347 e. The molecule has 1 aromatic rings. The van der Waals surface area contributed by atoms with Gasteiger partial charge in [-0.2, -0.15) is 11.8 Å². The lowest BCUT2D eigenvalue weighted by Crippen LogP contribution is -2.50. The van der Waals surface area contributed by atoms with Gasteiger partial charge in [0.25, 0.3) is 0 Å². The molecule has 3 rings (SSSR count). The van der Waals surface area contributed by atoms with Gasteiger partial charge >= 0.3 is 0 Å². The molecule has 0 radical (unpaired) electrons. The second-order valence-electron chi connectivity index (χ2n) is 6.17. The zero-order valence-electron chi connectivity index (χ0n) is 14.9. The van der Waals surface area contributed by atoms with Gasteiger partial charge in [0.15, 0.2) is 5.96 Å². The molecule has 25 heavy (non-hydrogen) atoms. The summed E-state index contributed by atoms with van der Waals surface area (Å²) >= 11 is 2.03. The standard InChI is InChI=1S/C18H26N4OS.HI/c1-3-15-13-21(10-11-24-15)18(19-2)20-12-17(23)22-9-8-14-6-4-5-7-16(14)22;/h4-7,15H,3,8-13H2,1-2H3,(H,19,20);1H. The number of para-hydroxylation sites is 1. The monoisotopic (exact) mass is 474 g/mol. The Morgan fingerprint density at radius 2 is 2.16 bits per heavy atom. The lowest BCUT2D eigenvalue weighted by molar-refractivity contribution is -0.117. The number of hydrogen-bond donors (Lipinski definition) is 1. The van der Waals surface area contributed by atoms with Crippen LogP contribution >= 0.6 is 35.7 Å². The summed E-state index contributed by atoms with van der Waals surface area (Å²) in [5.74, 6) is 2.07. The summed E-state index contributed by atoms with van der Waals surface area (Å²) in [7, 11) is 1.79. The molecule has 1 unspecified atom stereocenters. The molecule has 0 saturated carbocycles. The number of anilines is 1. The number of benzene rings is 1. The van der Waals surface area contributed by atoms with Crippen molar-refractivity contribution >= 4 is 53.3 Å². The van der Waals surface area contributed by atoms with E-state index in [0.29, 0.717) is 11.8 Å². The van der Waals surface area contributed by atoms with Crippen molar-refractivity contribution in [3.63, 3.8) is 0 Å². The van der Waals surface area contributed by atoms with Gasteiger partial charge in [-0.05, 0) is 24.5 Å². The molecule has 2 aliphatic heterocycles. The third kappa shape index (κ3) is 4.81. The number of fused-ring (bicyclic) bond motifs is 1. The molecular formula is C18H27IN4OS. The first-order valence-electron chi connectivity index (χ1n) is 8.68. The molecule has 1 amide bonds. The molecular weight excluding hydrogens is 447 g/mol. The second-order valence-corrected chi connectivity index (χ2v) is 7.58. The molecule has 7 heteroatoms. The molecule has 0 aliphatic carbocycles. The van der Waals surface area contributed by atoms with E-state index >= 15 is 0 Å².